The number of allylic oxidation sites excluding steroid dienone is 1. The second-order valence-corrected chi connectivity index (χ2v) is 6.67. The Labute approximate surface area is 169 Å². The topological polar surface area (TPSA) is 21.3 Å². The predicted octanol–water partition coefficient (Wildman–Crippen LogP) is 4.45. The normalized spacial score (nSPS) is 11.8. The Morgan fingerprint density at radius 1 is 0.821 bits per heavy atom. The van der Waals surface area contributed by atoms with Gasteiger partial charge in [0.25, 0.3) is 0 Å². The lowest BCUT2D eigenvalue weighted by Crippen LogP contribution is -2.15. The fourth-order valence-corrected chi connectivity index (χ4v) is 3.32. The first kappa shape index (κ1) is 20.0. The molecule has 0 aliphatic heterocycles. The third-order valence-corrected chi connectivity index (χ3v) is 4.74. The minimum absolute atomic E-state index is 0.654. The van der Waals surface area contributed by atoms with E-state index in [1.54, 1.807) is 0 Å². The Kier molecular flexibility index (Phi) is 7.10. The van der Waals surface area contributed by atoms with Crippen LogP contribution in [-0.2, 0) is 0 Å². The third kappa shape index (κ3) is 4.93. The summed E-state index contributed by atoms with van der Waals surface area (Å²) in [5.41, 5.74) is 6.90. The largest absolute Gasteiger partial charge is 0.492 e. The van der Waals surface area contributed by atoms with Crippen molar-refractivity contribution in [3.05, 3.63) is 95.6 Å². The standard InChI is InChI=1S/C25H26BNO/c1-3-24(19-7-5-4-6-8-19)25(20-9-13-22(26)14-10-20)21-11-15-23(16-12-21)28-18-17-27-2/h4-16,27H,3,17-18H2,1-2H3. The maximum absolute atomic E-state index is 5.93. The van der Waals surface area contributed by atoms with Crippen molar-refractivity contribution in [2.75, 3.05) is 20.2 Å². The van der Waals surface area contributed by atoms with Gasteiger partial charge in [-0.2, -0.15) is 0 Å². The Morgan fingerprint density at radius 2 is 1.43 bits per heavy atom. The van der Waals surface area contributed by atoms with Gasteiger partial charge in [0.2, 0.25) is 0 Å². The van der Waals surface area contributed by atoms with Gasteiger partial charge in [-0.3, -0.25) is 0 Å². The van der Waals surface area contributed by atoms with Crippen LogP contribution in [0.15, 0.2) is 78.9 Å². The van der Waals surface area contributed by atoms with E-state index in [9.17, 15) is 0 Å². The van der Waals surface area contributed by atoms with Crippen molar-refractivity contribution in [2.45, 2.75) is 13.3 Å². The quantitative estimate of drug-likeness (QED) is 0.361. The SMILES string of the molecule is [B]c1ccc(C(=C(CC)c2ccccc2)c2ccc(OCCNC)cc2)cc1. The molecule has 3 aromatic carbocycles. The van der Waals surface area contributed by atoms with Gasteiger partial charge in [-0.1, -0.05) is 79.1 Å². The summed E-state index contributed by atoms with van der Waals surface area (Å²) >= 11 is 0. The summed E-state index contributed by atoms with van der Waals surface area (Å²) in [4.78, 5) is 0. The van der Waals surface area contributed by atoms with Crippen LogP contribution in [0.1, 0.15) is 30.0 Å². The van der Waals surface area contributed by atoms with Crippen molar-refractivity contribution in [2.24, 2.45) is 0 Å². The van der Waals surface area contributed by atoms with E-state index in [4.69, 9.17) is 12.6 Å². The van der Waals surface area contributed by atoms with Crippen LogP contribution < -0.4 is 15.5 Å². The van der Waals surface area contributed by atoms with E-state index in [2.05, 4.69) is 66.8 Å². The Bertz CT molecular complexity index is 900. The summed E-state index contributed by atoms with van der Waals surface area (Å²) in [6, 6.07) is 27.0. The van der Waals surface area contributed by atoms with Crippen LogP contribution in [0, 0.1) is 0 Å². The zero-order valence-electron chi connectivity index (χ0n) is 16.6. The molecular formula is C25H26BNO. The molecule has 3 rings (SSSR count). The van der Waals surface area contributed by atoms with Gasteiger partial charge in [-0.15, -0.1) is 0 Å². The lowest BCUT2D eigenvalue weighted by molar-refractivity contribution is 0.318. The molecule has 1 N–H and O–H groups in total. The molecule has 0 unspecified atom stereocenters. The number of hydrogen-bond donors (Lipinski definition) is 1. The number of nitrogens with one attached hydrogen (secondary N) is 1. The van der Waals surface area contributed by atoms with Crippen molar-refractivity contribution in [1.82, 2.24) is 5.32 Å². The lowest BCUT2D eigenvalue weighted by atomic mass is 9.86. The van der Waals surface area contributed by atoms with Gasteiger partial charge in [-0.05, 0) is 53.4 Å². The van der Waals surface area contributed by atoms with Gasteiger partial charge < -0.3 is 10.1 Å². The van der Waals surface area contributed by atoms with Gasteiger partial charge in [0.15, 0.2) is 0 Å². The predicted molar refractivity (Wildman–Crippen MR) is 120 cm³/mol. The summed E-state index contributed by atoms with van der Waals surface area (Å²) in [5, 5.41) is 3.09. The molecule has 140 valence electrons. The molecule has 3 aromatic rings. The second-order valence-electron chi connectivity index (χ2n) is 6.67. The van der Waals surface area contributed by atoms with E-state index in [0.29, 0.717) is 6.61 Å². The van der Waals surface area contributed by atoms with E-state index in [-0.39, 0.29) is 0 Å². The van der Waals surface area contributed by atoms with E-state index in [0.717, 1.165) is 24.2 Å². The molecule has 0 aliphatic carbocycles. The molecule has 3 heteroatoms. The van der Waals surface area contributed by atoms with Crippen LogP contribution in [0.3, 0.4) is 0 Å². The minimum Gasteiger partial charge on any atom is -0.492 e. The molecule has 0 spiro atoms. The lowest BCUT2D eigenvalue weighted by Gasteiger charge is -2.17. The second kappa shape index (κ2) is 9.96. The molecule has 0 atom stereocenters. The van der Waals surface area contributed by atoms with Crippen LogP contribution in [0.2, 0.25) is 0 Å². The van der Waals surface area contributed by atoms with Gasteiger partial charge in [0.1, 0.15) is 20.2 Å². The summed E-state index contributed by atoms with van der Waals surface area (Å²) in [6.07, 6.45) is 0.935. The van der Waals surface area contributed by atoms with Crippen molar-refractivity contribution in [1.29, 1.82) is 0 Å². The molecule has 0 aromatic heterocycles. The van der Waals surface area contributed by atoms with Crippen LogP contribution in [-0.4, -0.2) is 28.0 Å². The third-order valence-electron chi connectivity index (χ3n) is 4.74. The van der Waals surface area contributed by atoms with Crippen LogP contribution in [0.25, 0.3) is 11.1 Å². The molecule has 0 saturated carbocycles. The van der Waals surface area contributed by atoms with E-state index >= 15 is 0 Å². The van der Waals surface area contributed by atoms with Gasteiger partial charge in [0, 0.05) is 6.54 Å². The Morgan fingerprint density at radius 3 is 2.00 bits per heavy atom. The molecule has 0 fully saturated rings. The molecule has 0 amide bonds. The van der Waals surface area contributed by atoms with E-state index < -0.39 is 0 Å². The minimum atomic E-state index is 0.654. The van der Waals surface area contributed by atoms with Crippen molar-refractivity contribution in [3.63, 3.8) is 0 Å². The fourth-order valence-electron chi connectivity index (χ4n) is 3.32. The van der Waals surface area contributed by atoms with Crippen LogP contribution in [0.4, 0.5) is 0 Å². The van der Waals surface area contributed by atoms with Crippen LogP contribution >= 0.6 is 0 Å². The molecule has 0 heterocycles. The summed E-state index contributed by atoms with van der Waals surface area (Å²) < 4.78 is 5.78. The monoisotopic (exact) mass is 367 g/mol. The molecule has 2 radical (unpaired) electrons. The van der Waals surface area contributed by atoms with Crippen molar-refractivity contribution >= 4 is 24.5 Å². The number of hydrogen-bond acceptors (Lipinski definition) is 2. The first-order valence-electron chi connectivity index (χ1n) is 9.75. The fraction of sp³-hybridized carbons (Fsp3) is 0.200. The average molecular weight is 367 g/mol. The van der Waals surface area contributed by atoms with Crippen molar-refractivity contribution in [3.8, 4) is 5.75 Å². The van der Waals surface area contributed by atoms with Gasteiger partial charge in [-0.25, -0.2) is 0 Å². The molecule has 0 bridgehead atoms. The molecular weight excluding hydrogens is 341 g/mol. The Balaban J connectivity index is 2.06. The summed E-state index contributed by atoms with van der Waals surface area (Å²) in [7, 11) is 7.85. The first-order valence-corrected chi connectivity index (χ1v) is 9.75. The maximum Gasteiger partial charge on any atom is 0.119 e. The number of likely N-dealkylation sites (N-methyl/N-ethyl adjacent to an activating group) is 1. The highest BCUT2D eigenvalue weighted by Gasteiger charge is 2.13. The molecule has 28 heavy (non-hydrogen) atoms. The Hall–Kier alpha value is -2.78. The number of rotatable bonds is 8. The molecule has 0 saturated heterocycles. The number of ether oxygens (including phenoxy) is 1. The number of benzene rings is 3. The first-order chi connectivity index (χ1) is 13.7. The average Bonchev–Trinajstić information content (AvgIpc) is 2.74. The molecule has 0 aliphatic rings. The van der Waals surface area contributed by atoms with Gasteiger partial charge in [0.05, 0.1) is 0 Å². The van der Waals surface area contributed by atoms with Gasteiger partial charge >= 0.3 is 0 Å². The van der Waals surface area contributed by atoms with E-state index in [1.807, 2.05) is 31.3 Å². The highest BCUT2D eigenvalue weighted by atomic mass is 16.5. The maximum atomic E-state index is 5.93. The highest BCUT2D eigenvalue weighted by Crippen LogP contribution is 2.34. The van der Waals surface area contributed by atoms with E-state index in [1.165, 1.54) is 27.8 Å². The van der Waals surface area contributed by atoms with Crippen molar-refractivity contribution < 1.29 is 4.74 Å². The summed E-state index contributed by atoms with van der Waals surface area (Å²) in [5.74, 6) is 0.883. The summed E-state index contributed by atoms with van der Waals surface area (Å²) in [6.45, 7) is 3.68. The smallest absolute Gasteiger partial charge is 0.119 e. The van der Waals surface area contributed by atoms with Crippen LogP contribution in [0.5, 0.6) is 5.75 Å². The molecule has 2 nitrogen and oxygen atoms in total. The highest BCUT2D eigenvalue weighted by molar-refractivity contribution is 6.32. The zero-order chi connectivity index (χ0) is 19.8. The zero-order valence-corrected chi connectivity index (χ0v) is 16.6.